The van der Waals surface area contributed by atoms with E-state index >= 15 is 0 Å². The van der Waals surface area contributed by atoms with E-state index in [0.717, 1.165) is 0 Å². The molecule has 1 aromatic carbocycles. The first-order valence-corrected chi connectivity index (χ1v) is 5.21. The third-order valence-electron chi connectivity index (χ3n) is 2.25. The van der Waals surface area contributed by atoms with Gasteiger partial charge in [0.05, 0.1) is 12.7 Å². The molecule has 0 aromatic heterocycles. The highest BCUT2D eigenvalue weighted by Gasteiger charge is 2.09. The van der Waals surface area contributed by atoms with Gasteiger partial charge in [-0.2, -0.15) is 0 Å². The van der Waals surface area contributed by atoms with Crippen LogP contribution in [0.15, 0.2) is 18.2 Å². The molecule has 98 valence electrons. The molecule has 7 N–H and O–H groups in total. The van der Waals surface area contributed by atoms with Crippen molar-refractivity contribution in [2.24, 2.45) is 11.5 Å². The molecule has 0 aliphatic carbocycles. The zero-order valence-corrected chi connectivity index (χ0v) is 9.59. The van der Waals surface area contributed by atoms with Crippen LogP contribution in [0.5, 0.6) is 0 Å². The molecular weight excluding hydrogens is 238 g/mol. The lowest BCUT2D eigenvalue weighted by atomic mass is 10.1. The van der Waals surface area contributed by atoms with Gasteiger partial charge in [-0.15, -0.1) is 0 Å². The van der Waals surface area contributed by atoms with E-state index in [0.29, 0.717) is 5.69 Å². The van der Waals surface area contributed by atoms with Crippen LogP contribution in [-0.2, 0) is 0 Å². The van der Waals surface area contributed by atoms with Crippen LogP contribution >= 0.6 is 0 Å². The summed E-state index contributed by atoms with van der Waals surface area (Å²) in [6, 6.07) is 4.15. The fourth-order valence-corrected chi connectivity index (χ4v) is 1.31. The highest BCUT2D eigenvalue weighted by Crippen LogP contribution is 2.14. The lowest BCUT2D eigenvalue weighted by molar-refractivity contribution is 0.0999. The van der Waals surface area contributed by atoms with Crippen molar-refractivity contribution in [1.29, 1.82) is 0 Å². The summed E-state index contributed by atoms with van der Waals surface area (Å²) in [5.74, 6) is -1.38. The Balaban J connectivity index is 2.96. The molecule has 7 heteroatoms. The number of hydrogen-bond acceptors (Lipinski definition) is 5. The average Bonchev–Trinajstić information content (AvgIpc) is 2.35. The van der Waals surface area contributed by atoms with E-state index in [9.17, 15) is 14.7 Å². The van der Waals surface area contributed by atoms with E-state index in [-0.39, 0.29) is 17.7 Å². The van der Waals surface area contributed by atoms with Crippen LogP contribution in [0.3, 0.4) is 0 Å². The van der Waals surface area contributed by atoms with Crippen LogP contribution in [0.2, 0.25) is 0 Å². The minimum absolute atomic E-state index is 0.0664. The van der Waals surface area contributed by atoms with Crippen molar-refractivity contribution in [2.75, 3.05) is 18.5 Å². The number of primary amides is 2. The normalized spacial score (nSPS) is 11.9. The van der Waals surface area contributed by atoms with Crippen molar-refractivity contribution in [2.45, 2.75) is 6.10 Å². The van der Waals surface area contributed by atoms with E-state index in [1.807, 2.05) is 0 Å². The Hall–Kier alpha value is -2.12. The monoisotopic (exact) mass is 253 g/mol. The van der Waals surface area contributed by atoms with Crippen molar-refractivity contribution in [3.63, 3.8) is 0 Å². The number of nitrogens with one attached hydrogen (secondary N) is 1. The smallest absolute Gasteiger partial charge is 0.248 e. The van der Waals surface area contributed by atoms with Crippen LogP contribution in [0, 0.1) is 0 Å². The lowest BCUT2D eigenvalue weighted by Crippen LogP contribution is -2.23. The van der Waals surface area contributed by atoms with E-state index in [1.165, 1.54) is 18.2 Å². The lowest BCUT2D eigenvalue weighted by Gasteiger charge is -2.12. The Morgan fingerprint density at radius 3 is 2.06 bits per heavy atom. The summed E-state index contributed by atoms with van der Waals surface area (Å²) < 4.78 is 0. The quantitative estimate of drug-likeness (QED) is 0.426. The van der Waals surface area contributed by atoms with Gasteiger partial charge in [-0.25, -0.2) is 0 Å². The second-order valence-electron chi connectivity index (χ2n) is 3.74. The fourth-order valence-electron chi connectivity index (χ4n) is 1.31. The first kappa shape index (κ1) is 13.9. The third-order valence-corrected chi connectivity index (χ3v) is 2.25. The van der Waals surface area contributed by atoms with Gasteiger partial charge >= 0.3 is 0 Å². The number of rotatable bonds is 6. The molecule has 1 unspecified atom stereocenters. The minimum atomic E-state index is -0.945. The predicted molar refractivity (Wildman–Crippen MR) is 65.1 cm³/mol. The maximum Gasteiger partial charge on any atom is 0.248 e. The number of aliphatic hydroxyl groups is 2. The average molecular weight is 253 g/mol. The van der Waals surface area contributed by atoms with Crippen LogP contribution < -0.4 is 16.8 Å². The molecule has 0 spiro atoms. The van der Waals surface area contributed by atoms with Gasteiger partial charge in [0.2, 0.25) is 11.8 Å². The molecule has 0 saturated heterocycles. The molecule has 0 radical (unpaired) electrons. The Kier molecular flexibility index (Phi) is 4.64. The van der Waals surface area contributed by atoms with Crippen LogP contribution in [0.25, 0.3) is 0 Å². The first-order valence-electron chi connectivity index (χ1n) is 5.21. The summed E-state index contributed by atoms with van der Waals surface area (Å²) in [5.41, 5.74) is 10.9. The number of amides is 2. The number of carbonyl (C=O) groups excluding carboxylic acids is 2. The van der Waals surface area contributed by atoms with Gasteiger partial charge in [0.25, 0.3) is 0 Å². The number of nitrogens with two attached hydrogens (primary N) is 2. The van der Waals surface area contributed by atoms with E-state index in [1.54, 1.807) is 0 Å². The molecule has 0 aliphatic rings. The second-order valence-corrected chi connectivity index (χ2v) is 3.74. The third kappa shape index (κ3) is 3.72. The zero-order valence-electron chi connectivity index (χ0n) is 9.59. The van der Waals surface area contributed by atoms with Gasteiger partial charge in [-0.05, 0) is 18.2 Å². The van der Waals surface area contributed by atoms with Crippen molar-refractivity contribution in [3.8, 4) is 0 Å². The number of aliphatic hydroxyl groups excluding tert-OH is 2. The molecular formula is C11H15N3O4. The second kappa shape index (κ2) is 5.99. The van der Waals surface area contributed by atoms with Crippen molar-refractivity contribution >= 4 is 17.5 Å². The molecule has 0 heterocycles. The molecule has 1 atom stereocenters. The highest BCUT2D eigenvalue weighted by atomic mass is 16.3. The summed E-state index contributed by atoms with van der Waals surface area (Å²) in [5, 5.41) is 20.6. The predicted octanol–water partition coefficient (Wildman–Crippen LogP) is -1.35. The van der Waals surface area contributed by atoms with Gasteiger partial charge < -0.3 is 27.0 Å². The topological polar surface area (TPSA) is 139 Å². The largest absolute Gasteiger partial charge is 0.394 e. The molecule has 0 saturated carbocycles. The summed E-state index contributed by atoms with van der Waals surface area (Å²) in [4.78, 5) is 22.2. The van der Waals surface area contributed by atoms with Gasteiger partial charge in [0, 0.05) is 23.4 Å². The zero-order chi connectivity index (χ0) is 13.7. The molecule has 1 rings (SSSR count). The Morgan fingerprint density at radius 1 is 1.17 bits per heavy atom. The van der Waals surface area contributed by atoms with E-state index < -0.39 is 24.5 Å². The standard InChI is InChI=1S/C11H15N3O4/c12-10(17)6-1-7(11(13)18)3-8(2-6)14-4-9(16)5-15/h1-3,9,14-16H,4-5H2,(H2,12,17)(H2,13,18). The van der Waals surface area contributed by atoms with Crippen molar-refractivity contribution in [1.82, 2.24) is 0 Å². The molecule has 1 aromatic rings. The first-order chi connectivity index (χ1) is 8.43. The van der Waals surface area contributed by atoms with Crippen LogP contribution in [-0.4, -0.2) is 41.3 Å². The van der Waals surface area contributed by atoms with Crippen molar-refractivity contribution < 1.29 is 19.8 Å². The number of carbonyl (C=O) groups is 2. The number of anilines is 1. The van der Waals surface area contributed by atoms with Gasteiger partial charge in [-0.1, -0.05) is 0 Å². The molecule has 7 nitrogen and oxygen atoms in total. The Labute approximate surface area is 103 Å². The molecule has 0 fully saturated rings. The molecule has 2 amide bonds. The Morgan fingerprint density at radius 2 is 1.67 bits per heavy atom. The summed E-state index contributed by atoms with van der Waals surface area (Å²) in [6.07, 6.45) is -0.945. The number of benzene rings is 1. The Bertz CT molecular complexity index is 429. The van der Waals surface area contributed by atoms with Crippen LogP contribution in [0.1, 0.15) is 20.7 Å². The van der Waals surface area contributed by atoms with E-state index in [4.69, 9.17) is 16.6 Å². The molecule has 18 heavy (non-hydrogen) atoms. The maximum atomic E-state index is 11.1. The van der Waals surface area contributed by atoms with Crippen LogP contribution in [0.4, 0.5) is 5.69 Å². The van der Waals surface area contributed by atoms with E-state index in [2.05, 4.69) is 5.32 Å². The summed E-state index contributed by atoms with van der Waals surface area (Å²) in [7, 11) is 0. The van der Waals surface area contributed by atoms with Gasteiger partial charge in [0.1, 0.15) is 0 Å². The maximum absolute atomic E-state index is 11.1. The van der Waals surface area contributed by atoms with Gasteiger partial charge in [-0.3, -0.25) is 9.59 Å². The fraction of sp³-hybridized carbons (Fsp3) is 0.273. The van der Waals surface area contributed by atoms with Gasteiger partial charge in [0.15, 0.2) is 0 Å². The molecule has 0 aliphatic heterocycles. The minimum Gasteiger partial charge on any atom is -0.394 e. The summed E-state index contributed by atoms with van der Waals surface area (Å²) >= 11 is 0. The van der Waals surface area contributed by atoms with Crippen molar-refractivity contribution in [3.05, 3.63) is 29.3 Å². The number of hydrogen-bond donors (Lipinski definition) is 5. The summed E-state index contributed by atoms with van der Waals surface area (Å²) in [6.45, 7) is -0.331. The SMILES string of the molecule is NC(=O)c1cc(NCC(O)CO)cc(C(N)=O)c1. The molecule has 0 bridgehead atoms. The highest BCUT2D eigenvalue weighted by molar-refractivity contribution is 5.99.